The number of aliphatic hydroxyl groups is 1. The summed E-state index contributed by atoms with van der Waals surface area (Å²) in [5.74, 6) is 1.07. The average molecular weight is 237 g/mol. The highest BCUT2D eigenvalue weighted by molar-refractivity contribution is 7.98. The fourth-order valence-corrected chi connectivity index (χ4v) is 1.33. The normalized spacial score (nSPS) is 13.0. The fraction of sp³-hybridized carbons (Fsp3) is 1.00. The van der Waals surface area contributed by atoms with Crippen LogP contribution < -0.4 is 5.32 Å². The van der Waals surface area contributed by atoms with Crippen molar-refractivity contribution in [3.63, 3.8) is 0 Å². The Labute approximate surface area is 96.7 Å². The van der Waals surface area contributed by atoms with Crippen LogP contribution in [-0.2, 0) is 9.47 Å². The molecule has 0 saturated carbocycles. The standard InChI is InChI=1S/C10H23NO3S/c1-3-13-5-6-14-9-10(12)8-11-4-7-15-2/h10-12H,3-9H2,1-2H3. The van der Waals surface area contributed by atoms with Gasteiger partial charge < -0.3 is 19.9 Å². The van der Waals surface area contributed by atoms with Gasteiger partial charge in [0.15, 0.2) is 0 Å². The summed E-state index contributed by atoms with van der Waals surface area (Å²) in [6.45, 7) is 5.71. The zero-order chi connectivity index (χ0) is 11.4. The second-order valence-corrected chi connectivity index (χ2v) is 4.11. The van der Waals surface area contributed by atoms with Gasteiger partial charge in [-0.3, -0.25) is 0 Å². The molecule has 0 aromatic carbocycles. The molecule has 15 heavy (non-hydrogen) atoms. The van der Waals surface area contributed by atoms with Crippen LogP contribution >= 0.6 is 11.8 Å². The summed E-state index contributed by atoms with van der Waals surface area (Å²) in [4.78, 5) is 0. The van der Waals surface area contributed by atoms with Gasteiger partial charge in [-0.25, -0.2) is 0 Å². The topological polar surface area (TPSA) is 50.7 Å². The maximum Gasteiger partial charge on any atom is 0.0897 e. The summed E-state index contributed by atoms with van der Waals surface area (Å²) >= 11 is 1.79. The molecular weight excluding hydrogens is 214 g/mol. The molecule has 4 nitrogen and oxygen atoms in total. The summed E-state index contributed by atoms with van der Waals surface area (Å²) < 4.78 is 10.3. The lowest BCUT2D eigenvalue weighted by molar-refractivity contribution is 0.00669. The lowest BCUT2D eigenvalue weighted by atomic mass is 10.4. The van der Waals surface area contributed by atoms with Crippen LogP contribution in [0, 0.1) is 0 Å². The number of aliphatic hydroxyl groups excluding tert-OH is 1. The van der Waals surface area contributed by atoms with Gasteiger partial charge in [-0.05, 0) is 13.2 Å². The van der Waals surface area contributed by atoms with Crippen molar-refractivity contribution in [3.8, 4) is 0 Å². The highest BCUT2D eigenvalue weighted by atomic mass is 32.2. The Morgan fingerprint density at radius 1 is 1.33 bits per heavy atom. The van der Waals surface area contributed by atoms with Crippen molar-refractivity contribution < 1.29 is 14.6 Å². The first-order chi connectivity index (χ1) is 7.31. The van der Waals surface area contributed by atoms with Gasteiger partial charge in [0, 0.05) is 25.4 Å². The smallest absolute Gasteiger partial charge is 0.0897 e. The molecule has 0 fully saturated rings. The van der Waals surface area contributed by atoms with Gasteiger partial charge >= 0.3 is 0 Å². The van der Waals surface area contributed by atoms with Crippen LogP contribution in [0.25, 0.3) is 0 Å². The van der Waals surface area contributed by atoms with E-state index in [1.165, 1.54) is 0 Å². The molecule has 0 saturated heterocycles. The molecule has 0 aliphatic carbocycles. The predicted molar refractivity (Wildman–Crippen MR) is 64.6 cm³/mol. The van der Waals surface area contributed by atoms with Crippen LogP contribution in [0.4, 0.5) is 0 Å². The van der Waals surface area contributed by atoms with Gasteiger partial charge in [0.2, 0.25) is 0 Å². The van der Waals surface area contributed by atoms with E-state index < -0.39 is 6.10 Å². The summed E-state index contributed by atoms with van der Waals surface area (Å²) in [5.41, 5.74) is 0. The van der Waals surface area contributed by atoms with E-state index in [1.54, 1.807) is 11.8 Å². The molecule has 0 amide bonds. The molecule has 92 valence electrons. The SMILES string of the molecule is CCOCCOCC(O)CNCCSC. The molecule has 0 aromatic heterocycles. The molecule has 1 atom stereocenters. The maximum absolute atomic E-state index is 9.47. The zero-order valence-electron chi connectivity index (χ0n) is 9.70. The molecule has 1 unspecified atom stereocenters. The van der Waals surface area contributed by atoms with E-state index in [1.807, 2.05) is 6.92 Å². The average Bonchev–Trinajstić information content (AvgIpc) is 2.24. The minimum atomic E-state index is -0.423. The van der Waals surface area contributed by atoms with Gasteiger partial charge in [0.05, 0.1) is 25.9 Å². The summed E-state index contributed by atoms with van der Waals surface area (Å²) in [6, 6.07) is 0. The van der Waals surface area contributed by atoms with Crippen molar-refractivity contribution in [2.45, 2.75) is 13.0 Å². The van der Waals surface area contributed by atoms with Crippen molar-refractivity contribution in [2.24, 2.45) is 0 Å². The van der Waals surface area contributed by atoms with E-state index in [2.05, 4.69) is 11.6 Å². The van der Waals surface area contributed by atoms with E-state index in [9.17, 15) is 5.11 Å². The summed E-state index contributed by atoms with van der Waals surface area (Å²) in [5, 5.41) is 12.6. The van der Waals surface area contributed by atoms with Crippen LogP contribution in [0.15, 0.2) is 0 Å². The molecule has 0 aliphatic heterocycles. The molecule has 2 N–H and O–H groups in total. The third-order valence-electron chi connectivity index (χ3n) is 1.75. The molecule has 0 aromatic rings. The predicted octanol–water partition coefficient (Wildman–Crippen LogP) is 0.353. The Kier molecular flexibility index (Phi) is 12.4. The molecule has 0 spiro atoms. The molecule has 0 radical (unpaired) electrons. The number of thioether (sulfide) groups is 1. The van der Waals surface area contributed by atoms with Crippen molar-refractivity contribution in [2.75, 3.05) is 51.5 Å². The van der Waals surface area contributed by atoms with Gasteiger partial charge in [0.1, 0.15) is 0 Å². The van der Waals surface area contributed by atoms with Gasteiger partial charge in [-0.15, -0.1) is 0 Å². The highest BCUT2D eigenvalue weighted by Gasteiger charge is 2.02. The lowest BCUT2D eigenvalue weighted by Crippen LogP contribution is -2.32. The minimum absolute atomic E-state index is 0.374. The highest BCUT2D eigenvalue weighted by Crippen LogP contribution is 1.88. The number of rotatable bonds is 11. The van der Waals surface area contributed by atoms with E-state index >= 15 is 0 Å². The Bertz CT molecular complexity index is 127. The molecular formula is C10H23NO3S. The number of hydrogen-bond donors (Lipinski definition) is 2. The van der Waals surface area contributed by atoms with Gasteiger partial charge in [-0.1, -0.05) is 0 Å². The first-order valence-corrected chi connectivity index (χ1v) is 6.73. The molecule has 5 heteroatoms. The van der Waals surface area contributed by atoms with Crippen molar-refractivity contribution in [3.05, 3.63) is 0 Å². The third kappa shape index (κ3) is 12.1. The molecule has 0 aliphatic rings. The van der Waals surface area contributed by atoms with Crippen LogP contribution in [0.3, 0.4) is 0 Å². The van der Waals surface area contributed by atoms with Crippen LogP contribution in [0.5, 0.6) is 0 Å². The van der Waals surface area contributed by atoms with E-state index in [4.69, 9.17) is 9.47 Å². The van der Waals surface area contributed by atoms with E-state index in [0.717, 1.165) is 12.3 Å². The Balaban J connectivity index is 3.08. The largest absolute Gasteiger partial charge is 0.389 e. The summed E-state index contributed by atoms with van der Waals surface area (Å²) in [6.07, 6.45) is 1.64. The minimum Gasteiger partial charge on any atom is -0.389 e. The van der Waals surface area contributed by atoms with E-state index in [0.29, 0.717) is 33.0 Å². The Morgan fingerprint density at radius 3 is 2.73 bits per heavy atom. The number of nitrogens with one attached hydrogen (secondary N) is 1. The Hall–Kier alpha value is 0.190. The second kappa shape index (κ2) is 12.3. The van der Waals surface area contributed by atoms with Crippen LogP contribution in [0.1, 0.15) is 6.92 Å². The monoisotopic (exact) mass is 237 g/mol. The fourth-order valence-electron chi connectivity index (χ4n) is 0.983. The lowest BCUT2D eigenvalue weighted by Gasteiger charge is -2.12. The Morgan fingerprint density at radius 2 is 2.07 bits per heavy atom. The van der Waals surface area contributed by atoms with Crippen molar-refractivity contribution >= 4 is 11.8 Å². The summed E-state index contributed by atoms with van der Waals surface area (Å²) in [7, 11) is 0. The third-order valence-corrected chi connectivity index (χ3v) is 2.36. The van der Waals surface area contributed by atoms with Crippen LogP contribution in [0.2, 0.25) is 0 Å². The molecule has 0 heterocycles. The van der Waals surface area contributed by atoms with Crippen molar-refractivity contribution in [1.29, 1.82) is 0 Å². The molecule has 0 rings (SSSR count). The van der Waals surface area contributed by atoms with Gasteiger partial charge in [-0.2, -0.15) is 11.8 Å². The zero-order valence-corrected chi connectivity index (χ0v) is 10.5. The van der Waals surface area contributed by atoms with Gasteiger partial charge in [0.25, 0.3) is 0 Å². The van der Waals surface area contributed by atoms with Crippen molar-refractivity contribution in [1.82, 2.24) is 5.32 Å². The van der Waals surface area contributed by atoms with Crippen LogP contribution in [-0.4, -0.2) is 62.7 Å². The quantitative estimate of drug-likeness (QED) is 0.508. The second-order valence-electron chi connectivity index (χ2n) is 3.12. The number of ether oxygens (including phenoxy) is 2. The molecule has 0 bridgehead atoms. The van der Waals surface area contributed by atoms with E-state index in [-0.39, 0.29) is 0 Å². The first-order valence-electron chi connectivity index (χ1n) is 5.34. The first kappa shape index (κ1) is 15.2. The number of hydrogen-bond acceptors (Lipinski definition) is 5. The maximum atomic E-state index is 9.47.